The lowest BCUT2D eigenvalue weighted by atomic mass is 10.1. The van der Waals surface area contributed by atoms with Crippen LogP contribution in [0.3, 0.4) is 0 Å². The number of sulfone groups is 1. The Kier molecular flexibility index (Phi) is 13.1. The topological polar surface area (TPSA) is 99.7 Å². The van der Waals surface area contributed by atoms with Gasteiger partial charge >= 0.3 is 0 Å². The number of terminal acetylenes is 1. The predicted octanol–water partition coefficient (Wildman–Crippen LogP) is 3.00. The van der Waals surface area contributed by atoms with Gasteiger partial charge in [-0.2, -0.15) is 0 Å². The third-order valence-corrected chi connectivity index (χ3v) is 6.91. The van der Waals surface area contributed by atoms with Gasteiger partial charge in [0.05, 0.1) is 74.7 Å². The smallest absolute Gasteiger partial charge is 0.152 e. The number of hydrogen-bond acceptors (Lipinski definition) is 7. The number of alkyl halides is 1. The lowest BCUT2D eigenvalue weighted by Gasteiger charge is -2.08. The van der Waals surface area contributed by atoms with Crippen molar-refractivity contribution in [3.63, 3.8) is 0 Å². The van der Waals surface area contributed by atoms with E-state index in [1.165, 1.54) is 0 Å². The Morgan fingerprint density at radius 1 is 0.970 bits per heavy atom. The Hall–Kier alpha value is -1.38. The molecule has 0 saturated carbocycles. The zero-order chi connectivity index (χ0) is 23.9. The van der Waals surface area contributed by atoms with Gasteiger partial charge in [0.2, 0.25) is 0 Å². The van der Waals surface area contributed by atoms with Gasteiger partial charge in [-0.1, -0.05) is 17.5 Å². The molecule has 0 bridgehead atoms. The van der Waals surface area contributed by atoms with Crippen molar-refractivity contribution in [2.45, 2.75) is 18.7 Å². The molecular formula is C22H30Cl2N2O6S. The molecule has 1 N–H and O–H groups in total. The molecule has 0 unspecified atom stereocenters. The number of H-pyrrole nitrogens is 1. The third kappa shape index (κ3) is 10.6. The van der Waals surface area contributed by atoms with Gasteiger partial charge in [0.1, 0.15) is 12.4 Å². The first-order chi connectivity index (χ1) is 16.0. The molecule has 0 saturated heterocycles. The van der Waals surface area contributed by atoms with E-state index in [2.05, 4.69) is 15.9 Å². The summed E-state index contributed by atoms with van der Waals surface area (Å²) >= 11 is 12.2. The second-order valence-corrected chi connectivity index (χ2v) is 10.1. The fourth-order valence-corrected chi connectivity index (χ4v) is 4.54. The molecule has 0 aliphatic rings. The number of halogens is 2. The fraction of sp³-hybridized carbons (Fsp3) is 0.591. The third-order valence-electron chi connectivity index (χ3n) is 4.60. The molecule has 0 radical (unpaired) electrons. The van der Waals surface area contributed by atoms with Crippen LogP contribution in [0.4, 0.5) is 0 Å². The molecule has 2 rings (SSSR count). The van der Waals surface area contributed by atoms with Crippen molar-refractivity contribution in [1.82, 2.24) is 9.97 Å². The molecule has 0 aliphatic carbocycles. The quantitative estimate of drug-likeness (QED) is 0.183. The van der Waals surface area contributed by atoms with Crippen LogP contribution < -0.4 is 0 Å². The first-order valence-corrected chi connectivity index (χ1v) is 13.4. The Balaban J connectivity index is 1.56. The highest BCUT2D eigenvalue weighted by molar-refractivity contribution is 7.91. The summed E-state index contributed by atoms with van der Waals surface area (Å²) in [5.74, 6) is 3.31. The van der Waals surface area contributed by atoms with Gasteiger partial charge in [0.25, 0.3) is 0 Å². The first kappa shape index (κ1) is 27.9. The van der Waals surface area contributed by atoms with Gasteiger partial charge in [-0.25, -0.2) is 13.4 Å². The number of aromatic amines is 1. The van der Waals surface area contributed by atoms with E-state index in [0.29, 0.717) is 63.3 Å². The maximum Gasteiger partial charge on any atom is 0.152 e. The van der Waals surface area contributed by atoms with Crippen LogP contribution in [0.1, 0.15) is 17.8 Å². The van der Waals surface area contributed by atoms with E-state index in [9.17, 15) is 8.42 Å². The normalized spacial score (nSPS) is 11.8. The van der Waals surface area contributed by atoms with Crippen molar-refractivity contribution >= 4 is 44.1 Å². The number of fused-ring (bicyclic) bond motifs is 1. The van der Waals surface area contributed by atoms with E-state index in [1.807, 2.05) is 6.07 Å². The summed E-state index contributed by atoms with van der Waals surface area (Å²) in [6, 6.07) is 3.62. The molecule has 1 aromatic heterocycles. The number of hydrogen-bond donors (Lipinski definition) is 1. The summed E-state index contributed by atoms with van der Waals surface area (Å²) in [5.41, 5.74) is 2.40. The van der Waals surface area contributed by atoms with Gasteiger partial charge in [-0.05, 0) is 30.5 Å². The number of imidazole rings is 1. The van der Waals surface area contributed by atoms with Gasteiger partial charge in [0, 0.05) is 5.02 Å². The molecule has 0 aliphatic heterocycles. The van der Waals surface area contributed by atoms with E-state index in [-0.39, 0.29) is 30.6 Å². The summed E-state index contributed by atoms with van der Waals surface area (Å²) in [6.45, 7) is 2.86. The van der Waals surface area contributed by atoms with Crippen LogP contribution in [-0.4, -0.2) is 82.7 Å². The number of rotatable bonds is 18. The minimum Gasteiger partial charge on any atom is -0.378 e. The summed E-state index contributed by atoms with van der Waals surface area (Å²) in [4.78, 5) is 7.57. The van der Waals surface area contributed by atoms with E-state index >= 15 is 0 Å². The molecule has 2 aromatic rings. The summed E-state index contributed by atoms with van der Waals surface area (Å²) in [5, 5.41) is 0.568. The molecule has 33 heavy (non-hydrogen) atoms. The lowest BCUT2D eigenvalue weighted by Crippen LogP contribution is -2.18. The van der Waals surface area contributed by atoms with Crippen molar-refractivity contribution in [1.29, 1.82) is 0 Å². The Labute approximate surface area is 205 Å². The maximum atomic E-state index is 12.3. The van der Waals surface area contributed by atoms with Crippen molar-refractivity contribution in [2.24, 2.45) is 0 Å². The molecule has 11 heteroatoms. The lowest BCUT2D eigenvalue weighted by molar-refractivity contribution is 0.00302. The van der Waals surface area contributed by atoms with Crippen LogP contribution in [0, 0.1) is 12.3 Å². The number of aryl methyl sites for hydroxylation is 1. The Morgan fingerprint density at radius 3 is 2.24 bits per heavy atom. The number of aromatic nitrogens is 2. The largest absolute Gasteiger partial charge is 0.378 e. The van der Waals surface area contributed by atoms with Crippen LogP contribution >= 0.6 is 23.2 Å². The zero-order valence-electron chi connectivity index (χ0n) is 18.5. The second-order valence-electron chi connectivity index (χ2n) is 7.09. The van der Waals surface area contributed by atoms with Crippen molar-refractivity contribution < 1.29 is 27.4 Å². The van der Waals surface area contributed by atoms with E-state index in [0.717, 1.165) is 16.6 Å². The average molecular weight is 521 g/mol. The number of ether oxygens (including phenoxy) is 4. The average Bonchev–Trinajstić information content (AvgIpc) is 3.22. The van der Waals surface area contributed by atoms with Crippen LogP contribution in [0.15, 0.2) is 12.1 Å². The van der Waals surface area contributed by atoms with Gasteiger partial charge in [-0.3, -0.25) is 0 Å². The van der Waals surface area contributed by atoms with Crippen molar-refractivity contribution in [2.75, 3.05) is 64.4 Å². The molecular weight excluding hydrogens is 491 g/mol. The van der Waals surface area contributed by atoms with Gasteiger partial charge in [-0.15, -0.1) is 18.0 Å². The minimum absolute atomic E-state index is 0.0372. The SMILES string of the molecule is C#CCOCCOCCOCCOCCS(=O)(=O)CCCc1c(Cl)ccc2[nH]c(CCl)nc12. The summed E-state index contributed by atoms with van der Waals surface area (Å²) < 4.78 is 45.7. The first-order valence-electron chi connectivity index (χ1n) is 10.6. The minimum atomic E-state index is -3.23. The van der Waals surface area contributed by atoms with Crippen LogP contribution in [0.2, 0.25) is 5.02 Å². The van der Waals surface area contributed by atoms with Crippen LogP contribution in [0.5, 0.6) is 0 Å². The number of benzene rings is 1. The van der Waals surface area contributed by atoms with Crippen LogP contribution in [0.25, 0.3) is 11.0 Å². The molecule has 0 amide bonds. The number of nitrogens with one attached hydrogen (secondary N) is 1. The van der Waals surface area contributed by atoms with E-state index in [1.54, 1.807) is 6.07 Å². The number of nitrogens with zero attached hydrogens (tertiary/aromatic N) is 1. The second kappa shape index (κ2) is 15.5. The molecule has 0 fully saturated rings. The molecule has 184 valence electrons. The monoisotopic (exact) mass is 520 g/mol. The molecule has 1 heterocycles. The molecule has 8 nitrogen and oxygen atoms in total. The Morgan fingerprint density at radius 2 is 1.61 bits per heavy atom. The highest BCUT2D eigenvalue weighted by Gasteiger charge is 2.14. The highest BCUT2D eigenvalue weighted by Crippen LogP contribution is 2.26. The van der Waals surface area contributed by atoms with E-state index < -0.39 is 9.84 Å². The predicted molar refractivity (Wildman–Crippen MR) is 130 cm³/mol. The molecule has 1 aromatic carbocycles. The molecule has 0 atom stereocenters. The molecule has 0 spiro atoms. The van der Waals surface area contributed by atoms with Crippen LogP contribution in [-0.2, 0) is 41.1 Å². The van der Waals surface area contributed by atoms with Crippen molar-refractivity contribution in [3.05, 3.63) is 28.5 Å². The highest BCUT2D eigenvalue weighted by atomic mass is 35.5. The Bertz CT molecular complexity index is 991. The maximum absolute atomic E-state index is 12.3. The van der Waals surface area contributed by atoms with Crippen molar-refractivity contribution in [3.8, 4) is 12.3 Å². The van der Waals surface area contributed by atoms with Gasteiger partial charge < -0.3 is 23.9 Å². The summed E-state index contributed by atoms with van der Waals surface area (Å²) in [6.07, 6.45) is 6.01. The van der Waals surface area contributed by atoms with Gasteiger partial charge in [0.15, 0.2) is 9.84 Å². The summed E-state index contributed by atoms with van der Waals surface area (Å²) in [7, 11) is -3.23. The standard InChI is InChI=1S/C22H30Cl2N2O6S/c1-2-7-29-8-9-30-10-11-31-12-13-32-14-16-33(27,28)15-3-4-18-19(24)5-6-20-22(18)26-21(17-23)25-20/h1,5-6H,3-4,7-17H2,(H,25,26). The zero-order valence-corrected chi connectivity index (χ0v) is 20.8. The van der Waals surface area contributed by atoms with E-state index in [4.69, 9.17) is 48.6 Å². The fourth-order valence-electron chi connectivity index (χ4n) is 3.01.